The number of hydrogen-bond acceptors (Lipinski definition) is 4. The minimum Gasteiger partial charge on any atom is -0.390 e. The first kappa shape index (κ1) is 12.2. The third kappa shape index (κ3) is 2.38. The van der Waals surface area contributed by atoms with Crippen LogP contribution in [-0.2, 0) is 4.79 Å². The van der Waals surface area contributed by atoms with Crippen molar-refractivity contribution in [3.63, 3.8) is 0 Å². The zero-order chi connectivity index (χ0) is 10.7. The number of nitrogens with zero attached hydrogens (tertiary/aromatic N) is 1. The Labute approximate surface area is 93.6 Å². The average molecular weight is 235 g/mol. The quantitative estimate of drug-likeness (QED) is 0.734. The molecule has 2 unspecified atom stereocenters. The lowest BCUT2D eigenvalue weighted by molar-refractivity contribution is -0.132. The Balaban J connectivity index is 2.60. The SMILES string of the molecule is CSC(SC)C(O)C1CCN(C)C1=O. The molecule has 0 aromatic heterocycles. The Morgan fingerprint density at radius 1 is 1.50 bits per heavy atom. The summed E-state index contributed by atoms with van der Waals surface area (Å²) in [6, 6.07) is 0. The fourth-order valence-electron chi connectivity index (χ4n) is 1.73. The lowest BCUT2D eigenvalue weighted by atomic mass is 10.0. The smallest absolute Gasteiger partial charge is 0.228 e. The summed E-state index contributed by atoms with van der Waals surface area (Å²) < 4.78 is 0.107. The van der Waals surface area contributed by atoms with Crippen LogP contribution in [0.4, 0.5) is 0 Å². The monoisotopic (exact) mass is 235 g/mol. The van der Waals surface area contributed by atoms with E-state index in [-0.39, 0.29) is 16.4 Å². The third-order valence-corrected chi connectivity index (χ3v) is 5.27. The first-order valence-corrected chi connectivity index (χ1v) is 7.18. The van der Waals surface area contributed by atoms with Crippen molar-refractivity contribution in [3.05, 3.63) is 0 Å². The molecule has 0 saturated carbocycles. The number of rotatable bonds is 4. The molecule has 1 amide bonds. The van der Waals surface area contributed by atoms with Gasteiger partial charge in [-0.2, -0.15) is 0 Å². The summed E-state index contributed by atoms with van der Waals surface area (Å²) in [5, 5.41) is 10.0. The Bertz CT molecular complexity index is 209. The molecule has 1 aliphatic rings. The molecule has 1 aliphatic heterocycles. The summed E-state index contributed by atoms with van der Waals surface area (Å²) in [6.07, 6.45) is 4.20. The average Bonchev–Trinajstić information content (AvgIpc) is 2.49. The maximum atomic E-state index is 11.6. The molecule has 82 valence electrons. The maximum Gasteiger partial charge on any atom is 0.228 e. The summed E-state index contributed by atoms with van der Waals surface area (Å²) in [6.45, 7) is 0.774. The highest BCUT2D eigenvalue weighted by molar-refractivity contribution is 8.16. The number of thioether (sulfide) groups is 2. The molecular weight excluding hydrogens is 218 g/mol. The van der Waals surface area contributed by atoms with Crippen LogP contribution in [0.5, 0.6) is 0 Å². The van der Waals surface area contributed by atoms with Gasteiger partial charge in [0, 0.05) is 13.6 Å². The van der Waals surface area contributed by atoms with E-state index in [1.807, 2.05) is 12.5 Å². The lowest BCUT2D eigenvalue weighted by Crippen LogP contribution is -2.35. The Kier molecular flexibility index (Phi) is 4.60. The molecular formula is C9H17NO2S2. The molecule has 1 rings (SSSR count). The molecule has 5 heteroatoms. The molecule has 1 fully saturated rings. The minimum atomic E-state index is -0.516. The molecule has 0 aromatic rings. The van der Waals surface area contributed by atoms with Gasteiger partial charge in [-0.3, -0.25) is 4.79 Å². The number of carbonyl (C=O) groups is 1. The van der Waals surface area contributed by atoms with Crippen molar-refractivity contribution in [1.29, 1.82) is 0 Å². The normalized spacial score (nSPS) is 24.8. The molecule has 0 aliphatic carbocycles. The number of likely N-dealkylation sites (tertiary alicyclic amines) is 1. The van der Waals surface area contributed by atoms with E-state index in [1.54, 1.807) is 35.5 Å². The van der Waals surface area contributed by atoms with Crippen LogP contribution in [-0.4, -0.2) is 52.7 Å². The van der Waals surface area contributed by atoms with E-state index in [0.29, 0.717) is 0 Å². The van der Waals surface area contributed by atoms with Crippen molar-refractivity contribution >= 4 is 29.4 Å². The fraction of sp³-hybridized carbons (Fsp3) is 0.889. The summed E-state index contributed by atoms with van der Waals surface area (Å²) in [7, 11) is 1.79. The van der Waals surface area contributed by atoms with Crippen molar-refractivity contribution < 1.29 is 9.90 Å². The third-order valence-electron chi connectivity index (χ3n) is 2.62. The number of amides is 1. The van der Waals surface area contributed by atoms with Crippen LogP contribution in [0.1, 0.15) is 6.42 Å². The van der Waals surface area contributed by atoms with E-state index in [2.05, 4.69) is 0 Å². The van der Waals surface area contributed by atoms with Gasteiger partial charge in [-0.05, 0) is 18.9 Å². The van der Waals surface area contributed by atoms with E-state index in [0.717, 1.165) is 13.0 Å². The highest BCUT2D eigenvalue weighted by atomic mass is 32.2. The Morgan fingerprint density at radius 2 is 2.07 bits per heavy atom. The van der Waals surface area contributed by atoms with Crippen LogP contribution in [0.15, 0.2) is 0 Å². The molecule has 2 atom stereocenters. The van der Waals surface area contributed by atoms with Gasteiger partial charge in [-0.25, -0.2) is 0 Å². The molecule has 3 nitrogen and oxygen atoms in total. The summed E-state index contributed by atoms with van der Waals surface area (Å²) in [4.78, 5) is 13.3. The van der Waals surface area contributed by atoms with Gasteiger partial charge in [0.05, 0.1) is 16.6 Å². The van der Waals surface area contributed by atoms with E-state index < -0.39 is 6.10 Å². The van der Waals surface area contributed by atoms with Crippen LogP contribution in [0.3, 0.4) is 0 Å². The summed E-state index contributed by atoms with van der Waals surface area (Å²) >= 11 is 3.22. The van der Waals surface area contributed by atoms with Crippen molar-refractivity contribution in [2.45, 2.75) is 17.1 Å². The second-order valence-corrected chi connectivity index (χ2v) is 5.74. The van der Waals surface area contributed by atoms with Crippen molar-refractivity contribution in [2.24, 2.45) is 5.92 Å². The topological polar surface area (TPSA) is 40.5 Å². The zero-order valence-electron chi connectivity index (χ0n) is 8.77. The number of aliphatic hydroxyl groups is 1. The van der Waals surface area contributed by atoms with Gasteiger partial charge in [0.2, 0.25) is 5.91 Å². The first-order chi connectivity index (χ1) is 6.61. The Morgan fingerprint density at radius 3 is 2.43 bits per heavy atom. The maximum absolute atomic E-state index is 11.6. The zero-order valence-corrected chi connectivity index (χ0v) is 10.4. The fourth-order valence-corrected chi connectivity index (χ4v) is 3.44. The van der Waals surface area contributed by atoms with Crippen LogP contribution in [0, 0.1) is 5.92 Å². The van der Waals surface area contributed by atoms with E-state index in [4.69, 9.17) is 0 Å². The molecule has 0 spiro atoms. The van der Waals surface area contributed by atoms with Crippen molar-refractivity contribution in [2.75, 3.05) is 26.1 Å². The largest absolute Gasteiger partial charge is 0.390 e. The molecule has 0 aromatic carbocycles. The van der Waals surface area contributed by atoms with Crippen LogP contribution >= 0.6 is 23.5 Å². The standard InChI is InChI=1S/C9H17NO2S2/c1-10-5-4-6(8(10)12)7(11)9(13-2)14-3/h6-7,9,11H,4-5H2,1-3H3. The second-order valence-electron chi connectivity index (χ2n) is 3.49. The van der Waals surface area contributed by atoms with Crippen molar-refractivity contribution in [1.82, 2.24) is 4.90 Å². The highest BCUT2D eigenvalue weighted by Crippen LogP contribution is 2.31. The second kappa shape index (κ2) is 5.28. The van der Waals surface area contributed by atoms with Gasteiger partial charge in [-0.1, -0.05) is 0 Å². The molecule has 1 heterocycles. The van der Waals surface area contributed by atoms with Gasteiger partial charge in [0.25, 0.3) is 0 Å². The molecule has 0 bridgehead atoms. The van der Waals surface area contributed by atoms with E-state index in [1.165, 1.54) is 0 Å². The van der Waals surface area contributed by atoms with Gasteiger partial charge in [0.1, 0.15) is 0 Å². The number of aliphatic hydroxyl groups excluding tert-OH is 1. The highest BCUT2D eigenvalue weighted by Gasteiger charge is 2.37. The molecule has 0 radical (unpaired) electrons. The molecule has 1 N–H and O–H groups in total. The minimum absolute atomic E-state index is 0.0885. The van der Waals surface area contributed by atoms with Gasteiger partial charge < -0.3 is 10.0 Å². The predicted octanol–water partition coefficient (Wildman–Crippen LogP) is 0.878. The lowest BCUT2D eigenvalue weighted by Gasteiger charge is -2.23. The van der Waals surface area contributed by atoms with E-state index >= 15 is 0 Å². The van der Waals surface area contributed by atoms with E-state index in [9.17, 15) is 9.90 Å². The van der Waals surface area contributed by atoms with Crippen LogP contribution in [0.25, 0.3) is 0 Å². The predicted molar refractivity (Wildman–Crippen MR) is 62.6 cm³/mol. The van der Waals surface area contributed by atoms with Crippen LogP contribution in [0.2, 0.25) is 0 Å². The summed E-state index contributed by atoms with van der Waals surface area (Å²) in [5.74, 6) is -0.101. The first-order valence-electron chi connectivity index (χ1n) is 4.60. The van der Waals surface area contributed by atoms with Crippen molar-refractivity contribution in [3.8, 4) is 0 Å². The van der Waals surface area contributed by atoms with Gasteiger partial charge in [-0.15, -0.1) is 23.5 Å². The molecule has 14 heavy (non-hydrogen) atoms. The number of hydrogen-bond donors (Lipinski definition) is 1. The number of carbonyl (C=O) groups excluding carboxylic acids is 1. The van der Waals surface area contributed by atoms with Gasteiger partial charge >= 0.3 is 0 Å². The Hall–Kier alpha value is 0.130. The van der Waals surface area contributed by atoms with Crippen LogP contribution < -0.4 is 0 Å². The molecule has 1 saturated heterocycles. The summed E-state index contributed by atoms with van der Waals surface area (Å²) in [5.41, 5.74) is 0. The van der Waals surface area contributed by atoms with Gasteiger partial charge in [0.15, 0.2) is 0 Å².